The molecule has 1 amide bonds. The summed E-state index contributed by atoms with van der Waals surface area (Å²) in [6, 6.07) is 6.14. The Morgan fingerprint density at radius 2 is 2.18 bits per heavy atom. The van der Waals surface area contributed by atoms with E-state index in [1.807, 2.05) is 0 Å². The molecular formula is C13H14FNO2. The molecule has 0 spiro atoms. The van der Waals surface area contributed by atoms with Crippen LogP contribution in [0, 0.1) is 17.7 Å². The van der Waals surface area contributed by atoms with Crippen LogP contribution in [-0.4, -0.2) is 19.1 Å². The van der Waals surface area contributed by atoms with Crippen LogP contribution in [0.3, 0.4) is 0 Å². The second-order valence-corrected chi connectivity index (χ2v) is 3.20. The summed E-state index contributed by atoms with van der Waals surface area (Å²) >= 11 is 0. The number of rotatable bonds is 4. The van der Waals surface area contributed by atoms with Gasteiger partial charge in [-0.05, 0) is 12.1 Å². The zero-order valence-corrected chi connectivity index (χ0v) is 9.63. The Hall–Kier alpha value is -2.02. The van der Waals surface area contributed by atoms with Gasteiger partial charge in [-0.15, -0.1) is 0 Å². The highest BCUT2D eigenvalue weighted by Crippen LogP contribution is 2.14. The lowest BCUT2D eigenvalue weighted by molar-refractivity contribution is -0.120. The predicted octanol–water partition coefficient (Wildman–Crippen LogP) is 1.73. The summed E-state index contributed by atoms with van der Waals surface area (Å²) in [6.45, 7) is 2.15. The van der Waals surface area contributed by atoms with Gasteiger partial charge in [-0.25, -0.2) is 4.39 Å². The van der Waals surface area contributed by atoms with E-state index in [4.69, 9.17) is 4.74 Å². The van der Waals surface area contributed by atoms with Gasteiger partial charge in [0.15, 0.2) is 11.6 Å². The molecule has 0 unspecified atom stereocenters. The fraction of sp³-hybridized carbons (Fsp3) is 0.308. The van der Waals surface area contributed by atoms with E-state index < -0.39 is 5.82 Å². The fourth-order valence-electron chi connectivity index (χ4n) is 1.06. The molecule has 0 saturated heterocycles. The first-order chi connectivity index (χ1) is 8.24. The number of hydrogen-bond donors (Lipinski definition) is 1. The Balaban J connectivity index is 2.27. The SMILES string of the molecule is CCC(=O)NCC#CCOc1ccccc1F. The van der Waals surface area contributed by atoms with Crippen molar-refractivity contribution in [2.45, 2.75) is 13.3 Å². The number of halogens is 1. The minimum atomic E-state index is -0.409. The maximum Gasteiger partial charge on any atom is 0.220 e. The summed E-state index contributed by atoms with van der Waals surface area (Å²) in [6.07, 6.45) is 0.438. The molecule has 0 fully saturated rings. The molecule has 0 saturated carbocycles. The van der Waals surface area contributed by atoms with Crippen molar-refractivity contribution < 1.29 is 13.9 Å². The summed E-state index contributed by atoms with van der Waals surface area (Å²) in [7, 11) is 0. The molecule has 17 heavy (non-hydrogen) atoms. The standard InChI is InChI=1S/C13H14FNO2/c1-2-13(16)15-9-5-6-10-17-12-8-4-3-7-11(12)14/h3-4,7-8H,2,9-10H2,1H3,(H,15,16). The van der Waals surface area contributed by atoms with Gasteiger partial charge in [-0.2, -0.15) is 0 Å². The molecule has 1 N–H and O–H groups in total. The van der Waals surface area contributed by atoms with Crippen LogP contribution in [0.25, 0.3) is 0 Å². The Kier molecular flexibility index (Phi) is 5.59. The van der Waals surface area contributed by atoms with Crippen molar-refractivity contribution >= 4 is 5.91 Å². The number of carbonyl (C=O) groups is 1. The molecule has 0 atom stereocenters. The number of hydrogen-bond acceptors (Lipinski definition) is 2. The van der Waals surface area contributed by atoms with Gasteiger partial charge in [0.25, 0.3) is 0 Å². The third kappa shape index (κ3) is 5.03. The van der Waals surface area contributed by atoms with E-state index >= 15 is 0 Å². The molecule has 1 aromatic carbocycles. The quantitative estimate of drug-likeness (QED) is 0.807. The first-order valence-electron chi connectivity index (χ1n) is 5.33. The lowest BCUT2D eigenvalue weighted by atomic mass is 10.3. The summed E-state index contributed by atoms with van der Waals surface area (Å²) in [4.78, 5) is 10.9. The maximum absolute atomic E-state index is 13.1. The molecule has 3 nitrogen and oxygen atoms in total. The Morgan fingerprint density at radius 1 is 1.41 bits per heavy atom. The monoisotopic (exact) mass is 235 g/mol. The highest BCUT2D eigenvalue weighted by molar-refractivity contribution is 5.75. The first kappa shape index (κ1) is 13.0. The van der Waals surface area contributed by atoms with Crippen LogP contribution in [0.2, 0.25) is 0 Å². The van der Waals surface area contributed by atoms with Gasteiger partial charge in [-0.3, -0.25) is 4.79 Å². The van der Waals surface area contributed by atoms with E-state index in [9.17, 15) is 9.18 Å². The van der Waals surface area contributed by atoms with Crippen LogP contribution < -0.4 is 10.1 Å². The minimum Gasteiger partial charge on any atom is -0.478 e. The highest BCUT2D eigenvalue weighted by atomic mass is 19.1. The third-order valence-electron chi connectivity index (χ3n) is 1.96. The molecule has 0 radical (unpaired) electrons. The van der Waals surface area contributed by atoms with E-state index in [2.05, 4.69) is 17.2 Å². The van der Waals surface area contributed by atoms with Gasteiger partial charge >= 0.3 is 0 Å². The lowest BCUT2D eigenvalue weighted by Crippen LogP contribution is -2.22. The fourth-order valence-corrected chi connectivity index (χ4v) is 1.06. The van der Waals surface area contributed by atoms with Crippen molar-refractivity contribution in [2.24, 2.45) is 0 Å². The number of benzene rings is 1. The van der Waals surface area contributed by atoms with Crippen molar-refractivity contribution in [3.05, 3.63) is 30.1 Å². The zero-order valence-electron chi connectivity index (χ0n) is 9.63. The molecule has 0 aliphatic rings. The highest BCUT2D eigenvalue weighted by Gasteiger charge is 1.98. The van der Waals surface area contributed by atoms with Crippen molar-refractivity contribution in [3.63, 3.8) is 0 Å². The summed E-state index contributed by atoms with van der Waals surface area (Å²) < 4.78 is 18.2. The molecule has 0 bridgehead atoms. The zero-order chi connectivity index (χ0) is 12.5. The van der Waals surface area contributed by atoms with Gasteiger partial charge in [0, 0.05) is 6.42 Å². The molecule has 0 heterocycles. The van der Waals surface area contributed by atoms with Crippen LogP contribution in [0.15, 0.2) is 24.3 Å². The van der Waals surface area contributed by atoms with Gasteiger partial charge in [0.05, 0.1) is 6.54 Å². The molecule has 1 rings (SSSR count). The number of para-hydroxylation sites is 1. The van der Waals surface area contributed by atoms with E-state index in [0.717, 1.165) is 0 Å². The van der Waals surface area contributed by atoms with Crippen LogP contribution in [-0.2, 0) is 4.79 Å². The van der Waals surface area contributed by atoms with Gasteiger partial charge in [0.1, 0.15) is 6.61 Å². The topological polar surface area (TPSA) is 38.3 Å². The van der Waals surface area contributed by atoms with Gasteiger partial charge < -0.3 is 10.1 Å². The molecule has 1 aromatic rings. The minimum absolute atomic E-state index is 0.0469. The van der Waals surface area contributed by atoms with Crippen LogP contribution in [0.5, 0.6) is 5.75 Å². The molecular weight excluding hydrogens is 221 g/mol. The molecule has 0 aliphatic heterocycles. The van der Waals surface area contributed by atoms with Crippen LogP contribution in [0.1, 0.15) is 13.3 Å². The molecule has 4 heteroatoms. The lowest BCUT2D eigenvalue weighted by Gasteiger charge is -2.01. The number of nitrogens with one attached hydrogen (secondary N) is 1. The number of ether oxygens (including phenoxy) is 1. The average Bonchev–Trinajstić information content (AvgIpc) is 2.35. The second-order valence-electron chi connectivity index (χ2n) is 3.20. The smallest absolute Gasteiger partial charge is 0.220 e. The summed E-state index contributed by atoms with van der Waals surface area (Å²) in [5.41, 5.74) is 0. The van der Waals surface area contributed by atoms with Crippen LogP contribution in [0.4, 0.5) is 4.39 Å². The summed E-state index contributed by atoms with van der Waals surface area (Å²) in [5, 5.41) is 2.60. The maximum atomic E-state index is 13.1. The van der Waals surface area contributed by atoms with Crippen molar-refractivity contribution in [1.29, 1.82) is 0 Å². The predicted molar refractivity (Wildman–Crippen MR) is 63.0 cm³/mol. The van der Waals surface area contributed by atoms with E-state index in [0.29, 0.717) is 6.42 Å². The van der Waals surface area contributed by atoms with Crippen LogP contribution >= 0.6 is 0 Å². The largest absolute Gasteiger partial charge is 0.478 e. The van der Waals surface area contributed by atoms with Crippen molar-refractivity contribution in [2.75, 3.05) is 13.2 Å². The van der Waals surface area contributed by atoms with E-state index in [-0.39, 0.29) is 24.8 Å². The van der Waals surface area contributed by atoms with E-state index in [1.165, 1.54) is 12.1 Å². The van der Waals surface area contributed by atoms with E-state index in [1.54, 1.807) is 19.1 Å². The molecule has 0 aromatic heterocycles. The third-order valence-corrected chi connectivity index (χ3v) is 1.96. The Labute approximate surface area is 100.0 Å². The number of carbonyl (C=O) groups excluding carboxylic acids is 1. The normalized spacial score (nSPS) is 9.06. The summed E-state index contributed by atoms with van der Waals surface area (Å²) in [5.74, 6) is 5.12. The van der Waals surface area contributed by atoms with Crippen molar-refractivity contribution in [3.8, 4) is 17.6 Å². The average molecular weight is 235 g/mol. The van der Waals surface area contributed by atoms with Gasteiger partial charge in [0.2, 0.25) is 5.91 Å². The Bertz CT molecular complexity index is 435. The number of amides is 1. The molecule has 0 aliphatic carbocycles. The second kappa shape index (κ2) is 7.29. The molecule has 90 valence electrons. The Morgan fingerprint density at radius 3 is 2.88 bits per heavy atom. The first-order valence-corrected chi connectivity index (χ1v) is 5.33. The van der Waals surface area contributed by atoms with Crippen molar-refractivity contribution in [1.82, 2.24) is 5.32 Å². The van der Waals surface area contributed by atoms with Gasteiger partial charge in [-0.1, -0.05) is 30.9 Å².